The number of hydrogen-bond acceptors (Lipinski definition) is 3. The molecule has 0 spiro atoms. The van der Waals surface area contributed by atoms with E-state index in [1.54, 1.807) is 18.5 Å². The molecule has 0 radical (unpaired) electrons. The topological polar surface area (TPSA) is 84.9 Å². The van der Waals surface area contributed by atoms with Crippen LogP contribution in [0.3, 0.4) is 0 Å². The monoisotopic (exact) mass is 194 g/mol. The average molecular weight is 194 g/mol. The molecule has 0 bridgehead atoms. The lowest BCUT2D eigenvalue weighted by atomic mass is 10.3. The van der Waals surface area contributed by atoms with Gasteiger partial charge in [-0.05, 0) is 17.8 Å². The standard InChI is InChI=1S/C7H6N4OS/c8-7-9-3-5(13-7)1-4-2-10-11-6(4)12/h1-3,8H,(H2,10,11,12). The lowest BCUT2D eigenvalue weighted by molar-refractivity contribution is 1.06. The molecule has 3 N–H and O–H groups in total. The molecular weight excluding hydrogens is 188 g/mol. The van der Waals surface area contributed by atoms with E-state index in [2.05, 4.69) is 15.2 Å². The van der Waals surface area contributed by atoms with Gasteiger partial charge in [-0.25, -0.2) is 4.99 Å². The summed E-state index contributed by atoms with van der Waals surface area (Å²) in [5.74, 6) is 0. The number of nitrogens with zero attached hydrogens (tertiary/aromatic N) is 1. The van der Waals surface area contributed by atoms with Crippen LogP contribution in [0.1, 0.15) is 5.56 Å². The number of nitrogens with one attached hydrogen (secondary N) is 3. The molecule has 0 aromatic carbocycles. The fourth-order valence-electron chi connectivity index (χ4n) is 0.931. The summed E-state index contributed by atoms with van der Waals surface area (Å²) in [6.07, 6.45) is 4.83. The van der Waals surface area contributed by atoms with Gasteiger partial charge in [0.05, 0.1) is 5.56 Å². The van der Waals surface area contributed by atoms with Crippen molar-refractivity contribution in [3.8, 4) is 0 Å². The van der Waals surface area contributed by atoms with Crippen LogP contribution < -0.4 is 5.56 Å². The minimum atomic E-state index is -0.167. The number of aromatic nitrogens is 2. The summed E-state index contributed by atoms with van der Waals surface area (Å²) in [4.78, 5) is 15.6. The van der Waals surface area contributed by atoms with Crippen LogP contribution in [0.5, 0.6) is 0 Å². The van der Waals surface area contributed by atoms with Crippen LogP contribution in [0.15, 0.2) is 20.9 Å². The van der Waals surface area contributed by atoms with E-state index in [0.717, 1.165) is 4.91 Å². The number of H-pyrrole nitrogens is 2. The molecule has 66 valence electrons. The van der Waals surface area contributed by atoms with Crippen molar-refractivity contribution in [3.63, 3.8) is 0 Å². The molecule has 1 aromatic heterocycles. The quantitative estimate of drug-likeness (QED) is 0.617. The maximum absolute atomic E-state index is 11.0. The summed E-state index contributed by atoms with van der Waals surface area (Å²) in [6.45, 7) is 0. The number of hydrogen-bond donors (Lipinski definition) is 3. The molecular formula is C7H6N4OS. The lowest BCUT2D eigenvalue weighted by Crippen LogP contribution is -2.01. The molecule has 13 heavy (non-hydrogen) atoms. The first-order chi connectivity index (χ1) is 6.25. The molecule has 2 rings (SSSR count). The van der Waals surface area contributed by atoms with Gasteiger partial charge in [0.1, 0.15) is 0 Å². The van der Waals surface area contributed by atoms with Crippen LogP contribution in [0.4, 0.5) is 0 Å². The third-order valence-electron chi connectivity index (χ3n) is 1.50. The Labute approximate surface area is 77.5 Å². The summed E-state index contributed by atoms with van der Waals surface area (Å²) in [5.41, 5.74) is 0.378. The Kier molecular flexibility index (Phi) is 1.90. The molecule has 6 heteroatoms. The zero-order chi connectivity index (χ0) is 9.26. The zero-order valence-corrected chi connectivity index (χ0v) is 7.31. The molecule has 1 aliphatic rings. The first-order valence-electron chi connectivity index (χ1n) is 3.54. The normalized spacial score (nSPS) is 18.8. The maximum Gasteiger partial charge on any atom is 0.271 e. The van der Waals surface area contributed by atoms with Crippen molar-refractivity contribution >= 4 is 29.2 Å². The largest absolute Gasteiger partial charge is 0.305 e. The average Bonchev–Trinajstić information content (AvgIpc) is 2.64. The number of aromatic amines is 2. The Morgan fingerprint density at radius 2 is 2.46 bits per heavy atom. The van der Waals surface area contributed by atoms with Gasteiger partial charge in [-0.3, -0.25) is 15.3 Å². The van der Waals surface area contributed by atoms with E-state index in [1.165, 1.54) is 11.8 Å². The van der Waals surface area contributed by atoms with Crippen molar-refractivity contribution in [1.29, 1.82) is 5.41 Å². The number of amidine groups is 1. The van der Waals surface area contributed by atoms with Crippen LogP contribution in [-0.4, -0.2) is 21.6 Å². The van der Waals surface area contributed by atoms with E-state index in [-0.39, 0.29) is 10.7 Å². The van der Waals surface area contributed by atoms with E-state index in [1.807, 2.05) is 0 Å². The summed E-state index contributed by atoms with van der Waals surface area (Å²) >= 11 is 1.23. The smallest absolute Gasteiger partial charge is 0.271 e. The highest BCUT2D eigenvalue weighted by atomic mass is 32.2. The molecule has 0 unspecified atom stereocenters. The van der Waals surface area contributed by atoms with Crippen molar-refractivity contribution < 1.29 is 0 Å². The number of rotatable bonds is 1. The Morgan fingerprint density at radius 3 is 3.00 bits per heavy atom. The van der Waals surface area contributed by atoms with E-state index >= 15 is 0 Å². The van der Waals surface area contributed by atoms with E-state index < -0.39 is 0 Å². The Morgan fingerprint density at radius 1 is 1.62 bits per heavy atom. The van der Waals surface area contributed by atoms with Crippen molar-refractivity contribution in [2.75, 3.05) is 0 Å². The van der Waals surface area contributed by atoms with Crippen LogP contribution in [0.2, 0.25) is 0 Å². The molecule has 0 atom stereocenters. The van der Waals surface area contributed by atoms with Gasteiger partial charge in [-0.15, -0.1) is 0 Å². The van der Waals surface area contributed by atoms with Gasteiger partial charge < -0.3 is 5.10 Å². The predicted octanol–water partition coefficient (Wildman–Crippen LogP) is 0.796. The zero-order valence-electron chi connectivity index (χ0n) is 6.50. The Hall–Kier alpha value is -1.56. The second kappa shape index (κ2) is 3.06. The first kappa shape index (κ1) is 8.06. The highest BCUT2D eigenvalue weighted by Gasteiger charge is 2.08. The molecule has 0 fully saturated rings. The van der Waals surface area contributed by atoms with Gasteiger partial charge in [0.2, 0.25) is 0 Å². The highest BCUT2D eigenvalue weighted by molar-refractivity contribution is 8.18. The van der Waals surface area contributed by atoms with E-state index in [9.17, 15) is 4.79 Å². The number of aliphatic imine (C=N–C) groups is 1. The maximum atomic E-state index is 11.0. The number of thioether (sulfide) groups is 1. The van der Waals surface area contributed by atoms with Crippen LogP contribution >= 0.6 is 11.8 Å². The third kappa shape index (κ3) is 1.62. The van der Waals surface area contributed by atoms with Gasteiger partial charge in [-0.1, -0.05) is 0 Å². The molecule has 0 saturated carbocycles. The SMILES string of the molecule is N=C1N=CC(=Cc2c[nH][nH]c2=O)S1. The minimum Gasteiger partial charge on any atom is -0.305 e. The van der Waals surface area contributed by atoms with Gasteiger partial charge in [0.25, 0.3) is 5.56 Å². The third-order valence-corrected chi connectivity index (χ3v) is 2.25. The molecule has 1 aliphatic heterocycles. The fraction of sp³-hybridized carbons (Fsp3) is 0. The second-order valence-corrected chi connectivity index (χ2v) is 3.47. The van der Waals surface area contributed by atoms with E-state index in [0.29, 0.717) is 5.56 Å². The molecule has 2 heterocycles. The molecule has 1 aromatic rings. The molecule has 0 saturated heterocycles. The van der Waals surface area contributed by atoms with Gasteiger partial charge in [-0.2, -0.15) is 0 Å². The van der Waals surface area contributed by atoms with Gasteiger partial charge in [0.15, 0.2) is 5.17 Å². The molecule has 0 amide bonds. The Bertz CT molecular complexity index is 453. The molecule has 5 nitrogen and oxygen atoms in total. The fourth-order valence-corrected chi connectivity index (χ4v) is 1.55. The summed E-state index contributed by atoms with van der Waals surface area (Å²) in [7, 11) is 0. The molecule has 0 aliphatic carbocycles. The second-order valence-electron chi connectivity index (χ2n) is 2.41. The highest BCUT2D eigenvalue weighted by Crippen LogP contribution is 2.22. The van der Waals surface area contributed by atoms with Crippen molar-refractivity contribution in [3.05, 3.63) is 27.0 Å². The summed E-state index contributed by atoms with van der Waals surface area (Å²) in [6, 6.07) is 0. The van der Waals surface area contributed by atoms with Gasteiger partial charge >= 0.3 is 0 Å². The Balaban J connectivity index is 2.32. The van der Waals surface area contributed by atoms with Gasteiger partial charge in [0, 0.05) is 17.3 Å². The van der Waals surface area contributed by atoms with Crippen molar-refractivity contribution in [1.82, 2.24) is 10.2 Å². The summed E-state index contributed by atoms with van der Waals surface area (Å²) in [5, 5.41) is 12.5. The number of allylic oxidation sites excluding steroid dienone is 1. The lowest BCUT2D eigenvalue weighted by Gasteiger charge is -1.86. The van der Waals surface area contributed by atoms with E-state index in [4.69, 9.17) is 5.41 Å². The van der Waals surface area contributed by atoms with Crippen LogP contribution in [0, 0.1) is 5.41 Å². The first-order valence-corrected chi connectivity index (χ1v) is 4.35. The van der Waals surface area contributed by atoms with Crippen molar-refractivity contribution in [2.24, 2.45) is 4.99 Å². The minimum absolute atomic E-state index is 0.167. The van der Waals surface area contributed by atoms with Crippen LogP contribution in [-0.2, 0) is 0 Å². The predicted molar refractivity (Wildman–Crippen MR) is 53.2 cm³/mol. The van der Waals surface area contributed by atoms with Crippen LogP contribution in [0.25, 0.3) is 6.08 Å². The summed E-state index contributed by atoms with van der Waals surface area (Å²) < 4.78 is 0. The van der Waals surface area contributed by atoms with Crippen molar-refractivity contribution in [2.45, 2.75) is 0 Å².